The molecule has 0 saturated carbocycles. The van der Waals surface area contributed by atoms with Crippen LogP contribution in [0.25, 0.3) is 0 Å². The first-order valence-corrected chi connectivity index (χ1v) is 4.12. The van der Waals surface area contributed by atoms with Gasteiger partial charge in [0.2, 0.25) is 0 Å². The van der Waals surface area contributed by atoms with Crippen molar-refractivity contribution in [3.8, 4) is 0 Å². The van der Waals surface area contributed by atoms with Crippen LogP contribution < -0.4 is 5.73 Å². The molecule has 4 heteroatoms. The fourth-order valence-electron chi connectivity index (χ4n) is 0.515. The van der Waals surface area contributed by atoms with E-state index in [0.717, 1.165) is 10.7 Å². The topological polar surface area (TPSA) is 38.9 Å². The minimum Gasteiger partial charge on any atom is -0.325 e. The third-order valence-corrected chi connectivity index (χ3v) is 2.35. The lowest BCUT2D eigenvalue weighted by molar-refractivity contribution is 0.997. The molecule has 0 radical (unpaired) electrons. The Morgan fingerprint density at radius 3 is 2.89 bits per heavy atom. The van der Waals surface area contributed by atoms with E-state index in [1.165, 1.54) is 0 Å². The lowest BCUT2D eigenvalue weighted by Crippen LogP contribution is -1.95. The van der Waals surface area contributed by atoms with Gasteiger partial charge in [0.1, 0.15) is 5.01 Å². The van der Waals surface area contributed by atoms with Gasteiger partial charge in [-0.3, -0.25) is 0 Å². The zero-order chi connectivity index (χ0) is 6.69. The quantitative estimate of drug-likeness (QED) is 0.634. The first-order chi connectivity index (χ1) is 4.36. The highest BCUT2D eigenvalue weighted by atomic mass is 32.1. The summed E-state index contributed by atoms with van der Waals surface area (Å²) in [5, 5.41) is 3.00. The molecule has 1 rings (SSSR count). The molecule has 2 nitrogen and oxygen atoms in total. The van der Waals surface area contributed by atoms with Crippen LogP contribution in [0.15, 0.2) is 5.38 Å². The summed E-state index contributed by atoms with van der Waals surface area (Å²) in [7, 11) is 0. The van der Waals surface area contributed by atoms with Crippen LogP contribution in [0.2, 0.25) is 0 Å². The number of nitrogens with zero attached hydrogens (tertiary/aromatic N) is 1. The zero-order valence-electron chi connectivity index (χ0n) is 4.87. The molecule has 2 N–H and O–H groups in total. The van der Waals surface area contributed by atoms with E-state index in [1.807, 2.05) is 5.38 Å². The molecule has 50 valence electrons. The van der Waals surface area contributed by atoms with Crippen LogP contribution in [-0.4, -0.2) is 4.98 Å². The standard InChI is InChI=1S/C5H8N2S2/c6-1-4-3-9-5(2-8)7-4/h3,8H,1-2,6H2. The number of thiol groups is 1. The second-order valence-corrected chi connectivity index (χ2v) is 2.85. The van der Waals surface area contributed by atoms with Crippen molar-refractivity contribution >= 4 is 24.0 Å². The highest BCUT2D eigenvalue weighted by Crippen LogP contribution is 2.10. The minimum absolute atomic E-state index is 0.532. The molecule has 0 atom stereocenters. The van der Waals surface area contributed by atoms with Gasteiger partial charge >= 0.3 is 0 Å². The molecular weight excluding hydrogens is 152 g/mol. The van der Waals surface area contributed by atoms with Crippen molar-refractivity contribution < 1.29 is 0 Å². The molecule has 0 aromatic carbocycles. The van der Waals surface area contributed by atoms with Gasteiger partial charge in [-0.05, 0) is 0 Å². The van der Waals surface area contributed by atoms with Crippen LogP contribution in [0.1, 0.15) is 10.7 Å². The summed E-state index contributed by atoms with van der Waals surface area (Å²) >= 11 is 5.68. The Hall–Kier alpha value is -0.0600. The van der Waals surface area contributed by atoms with Gasteiger partial charge in [0.05, 0.1) is 5.69 Å². The summed E-state index contributed by atoms with van der Waals surface area (Å²) in [5.41, 5.74) is 6.30. The average Bonchev–Trinajstić information content (AvgIpc) is 2.34. The number of hydrogen-bond acceptors (Lipinski definition) is 4. The Balaban J connectivity index is 2.74. The lowest BCUT2D eigenvalue weighted by Gasteiger charge is -1.83. The lowest BCUT2D eigenvalue weighted by atomic mass is 10.5. The summed E-state index contributed by atoms with van der Waals surface area (Å²) < 4.78 is 0. The molecule has 0 amide bonds. The Bertz CT molecular complexity index is 166. The summed E-state index contributed by atoms with van der Waals surface area (Å²) in [4.78, 5) is 4.16. The number of rotatable bonds is 2. The predicted molar refractivity (Wildman–Crippen MR) is 42.7 cm³/mol. The van der Waals surface area contributed by atoms with Gasteiger partial charge in [-0.1, -0.05) is 0 Å². The van der Waals surface area contributed by atoms with E-state index in [1.54, 1.807) is 11.3 Å². The molecule has 1 aromatic heterocycles. The minimum atomic E-state index is 0.532. The van der Waals surface area contributed by atoms with Crippen molar-refractivity contribution in [1.29, 1.82) is 0 Å². The summed E-state index contributed by atoms with van der Waals surface area (Å²) in [6.45, 7) is 0.532. The van der Waals surface area contributed by atoms with Gasteiger partial charge in [-0.2, -0.15) is 12.6 Å². The third-order valence-electron chi connectivity index (χ3n) is 0.944. The van der Waals surface area contributed by atoms with Crippen LogP contribution in [-0.2, 0) is 12.3 Å². The van der Waals surface area contributed by atoms with Crippen molar-refractivity contribution in [2.45, 2.75) is 12.3 Å². The van der Waals surface area contributed by atoms with Crippen LogP contribution in [0.3, 0.4) is 0 Å². The van der Waals surface area contributed by atoms with Gasteiger partial charge in [0, 0.05) is 17.7 Å². The van der Waals surface area contributed by atoms with Crippen LogP contribution in [0.5, 0.6) is 0 Å². The fourth-order valence-corrected chi connectivity index (χ4v) is 1.48. The highest BCUT2D eigenvalue weighted by molar-refractivity contribution is 7.79. The van der Waals surface area contributed by atoms with E-state index in [9.17, 15) is 0 Å². The van der Waals surface area contributed by atoms with Crippen molar-refractivity contribution in [2.24, 2.45) is 5.73 Å². The van der Waals surface area contributed by atoms with Crippen molar-refractivity contribution in [1.82, 2.24) is 4.98 Å². The summed E-state index contributed by atoms with van der Waals surface area (Å²) in [5.74, 6) is 0.713. The monoisotopic (exact) mass is 160 g/mol. The van der Waals surface area contributed by atoms with E-state index < -0.39 is 0 Å². The SMILES string of the molecule is NCc1csc(CS)n1. The van der Waals surface area contributed by atoms with Crippen molar-refractivity contribution in [3.05, 3.63) is 16.1 Å². The Labute approximate surface area is 63.5 Å². The summed E-state index contributed by atoms with van der Waals surface area (Å²) in [6.07, 6.45) is 0. The number of nitrogens with two attached hydrogens (primary N) is 1. The maximum Gasteiger partial charge on any atom is 0.103 e. The Morgan fingerprint density at radius 1 is 1.78 bits per heavy atom. The van der Waals surface area contributed by atoms with Crippen LogP contribution in [0, 0.1) is 0 Å². The molecule has 1 heterocycles. The molecule has 0 unspecified atom stereocenters. The van der Waals surface area contributed by atoms with Gasteiger partial charge in [0.15, 0.2) is 0 Å². The normalized spacial score (nSPS) is 10.0. The van der Waals surface area contributed by atoms with Gasteiger partial charge in [-0.15, -0.1) is 11.3 Å². The number of hydrogen-bond donors (Lipinski definition) is 2. The van der Waals surface area contributed by atoms with Gasteiger partial charge in [0.25, 0.3) is 0 Å². The smallest absolute Gasteiger partial charge is 0.103 e. The van der Waals surface area contributed by atoms with E-state index in [2.05, 4.69) is 17.6 Å². The Morgan fingerprint density at radius 2 is 2.56 bits per heavy atom. The van der Waals surface area contributed by atoms with E-state index >= 15 is 0 Å². The molecular formula is C5H8N2S2. The molecule has 0 aliphatic rings. The molecule has 0 aliphatic heterocycles. The second kappa shape index (κ2) is 3.20. The van der Waals surface area contributed by atoms with Crippen LogP contribution >= 0.6 is 24.0 Å². The van der Waals surface area contributed by atoms with Gasteiger partial charge < -0.3 is 5.73 Å². The molecule has 0 fully saturated rings. The maximum absolute atomic E-state index is 5.34. The number of thiazole rings is 1. The fraction of sp³-hybridized carbons (Fsp3) is 0.400. The number of aromatic nitrogens is 1. The van der Waals surface area contributed by atoms with Crippen molar-refractivity contribution in [2.75, 3.05) is 0 Å². The van der Waals surface area contributed by atoms with Crippen LogP contribution in [0.4, 0.5) is 0 Å². The second-order valence-electron chi connectivity index (χ2n) is 1.59. The molecule has 1 aromatic rings. The molecule has 0 spiro atoms. The highest BCUT2D eigenvalue weighted by Gasteiger charge is 1.95. The van der Waals surface area contributed by atoms with E-state index in [4.69, 9.17) is 5.73 Å². The molecule has 0 saturated heterocycles. The molecule has 9 heavy (non-hydrogen) atoms. The Kier molecular flexibility index (Phi) is 2.50. The van der Waals surface area contributed by atoms with Gasteiger partial charge in [-0.25, -0.2) is 4.98 Å². The van der Waals surface area contributed by atoms with Crippen molar-refractivity contribution in [3.63, 3.8) is 0 Å². The first-order valence-electron chi connectivity index (χ1n) is 2.61. The van der Waals surface area contributed by atoms with E-state index in [0.29, 0.717) is 12.3 Å². The van der Waals surface area contributed by atoms with E-state index in [-0.39, 0.29) is 0 Å². The zero-order valence-corrected chi connectivity index (χ0v) is 6.58. The predicted octanol–water partition coefficient (Wildman–Crippen LogP) is 1.03. The molecule has 0 bridgehead atoms. The molecule has 0 aliphatic carbocycles. The third kappa shape index (κ3) is 1.67. The largest absolute Gasteiger partial charge is 0.325 e. The summed E-state index contributed by atoms with van der Waals surface area (Å²) in [6, 6.07) is 0. The first kappa shape index (κ1) is 7.05. The average molecular weight is 160 g/mol. The maximum atomic E-state index is 5.34.